The second-order valence-corrected chi connectivity index (χ2v) is 15.0. The summed E-state index contributed by atoms with van der Waals surface area (Å²) in [6.07, 6.45) is 2.81. The molecule has 0 N–H and O–H groups in total. The normalized spacial score (nSPS) is 23.6. The molecule has 248 valence electrons. The molecule has 0 radical (unpaired) electrons. The average Bonchev–Trinajstić information content (AvgIpc) is 3.58. The number of hydrogen-bond donors (Lipinski definition) is 0. The molecule has 0 aliphatic carbocycles. The SMILES string of the molecule is Cc1nc2c(cc1Cl)C(C(C)(C)n1cnnc1C)OC21CCN(C(=O)C2CCN(C(C)(C)C)C[C@H]2c2ccc(F)c(F)c2F)CC1. The molecule has 8 nitrogen and oxygen atoms in total. The van der Waals surface area contributed by atoms with Crippen molar-refractivity contribution < 1.29 is 22.7 Å². The van der Waals surface area contributed by atoms with Crippen molar-refractivity contribution in [3.05, 3.63) is 75.3 Å². The van der Waals surface area contributed by atoms with Crippen molar-refractivity contribution in [1.82, 2.24) is 29.5 Å². The minimum atomic E-state index is -1.50. The van der Waals surface area contributed by atoms with Crippen LogP contribution >= 0.6 is 11.6 Å². The molecule has 12 heteroatoms. The van der Waals surface area contributed by atoms with Gasteiger partial charge in [0.1, 0.15) is 23.9 Å². The summed E-state index contributed by atoms with van der Waals surface area (Å²) in [7, 11) is 0. The Kier molecular flexibility index (Phi) is 8.29. The Morgan fingerprint density at radius 3 is 2.35 bits per heavy atom. The second-order valence-electron chi connectivity index (χ2n) is 14.6. The number of carbonyl (C=O) groups is 1. The maximum Gasteiger partial charge on any atom is 0.226 e. The molecule has 1 aromatic carbocycles. The summed E-state index contributed by atoms with van der Waals surface area (Å²) in [5.41, 5.74) is 0.966. The first-order chi connectivity index (χ1) is 21.5. The van der Waals surface area contributed by atoms with Gasteiger partial charge in [0.2, 0.25) is 5.91 Å². The molecule has 2 fully saturated rings. The number of hydrogen-bond acceptors (Lipinski definition) is 6. The fourth-order valence-corrected chi connectivity index (χ4v) is 7.85. The molecule has 46 heavy (non-hydrogen) atoms. The Morgan fingerprint density at radius 2 is 1.72 bits per heavy atom. The number of aryl methyl sites for hydroxylation is 2. The molecule has 1 amide bonds. The highest BCUT2D eigenvalue weighted by Crippen LogP contribution is 2.54. The van der Waals surface area contributed by atoms with E-state index in [2.05, 4.69) is 49.7 Å². The molecule has 5 heterocycles. The summed E-state index contributed by atoms with van der Waals surface area (Å²) in [6.45, 7) is 15.9. The van der Waals surface area contributed by atoms with E-state index in [-0.39, 0.29) is 17.0 Å². The van der Waals surface area contributed by atoms with Crippen molar-refractivity contribution in [3.8, 4) is 0 Å². The molecular weight excluding hydrogens is 617 g/mol. The van der Waals surface area contributed by atoms with Crippen molar-refractivity contribution in [2.45, 2.75) is 96.4 Å². The fraction of sp³-hybridized carbons (Fsp3) is 0.588. The summed E-state index contributed by atoms with van der Waals surface area (Å²) in [6, 6.07) is 4.19. The first-order valence-corrected chi connectivity index (χ1v) is 16.3. The van der Waals surface area contributed by atoms with Crippen LogP contribution in [0.1, 0.15) is 94.2 Å². The van der Waals surface area contributed by atoms with E-state index in [0.29, 0.717) is 56.2 Å². The Balaban J connectivity index is 1.28. The lowest BCUT2D eigenvalue weighted by atomic mass is 9.77. The monoisotopic (exact) mass is 658 g/mol. The van der Waals surface area contributed by atoms with Gasteiger partial charge in [0, 0.05) is 42.6 Å². The number of benzene rings is 1. The summed E-state index contributed by atoms with van der Waals surface area (Å²) >= 11 is 6.60. The number of fused-ring (bicyclic) bond motifs is 2. The van der Waals surface area contributed by atoms with Crippen molar-refractivity contribution >= 4 is 17.5 Å². The van der Waals surface area contributed by atoms with Gasteiger partial charge in [-0.2, -0.15) is 0 Å². The number of pyridine rings is 1. The van der Waals surface area contributed by atoms with Crippen molar-refractivity contribution in [2.24, 2.45) is 5.92 Å². The molecule has 0 saturated carbocycles. The maximum absolute atomic E-state index is 15.2. The standard InChI is InChI=1S/C34H42ClF3N6O2/c1-19-25(35)16-23-29(40-19)34(46-30(23)33(6,7)44-18-39-41-20(44)2)11-14-42(15-12-34)31(45)22-10-13-43(32(3,4)5)17-24(22)21-8-9-26(36)28(38)27(21)37/h8-9,16,18,22,24,30H,10-15,17H2,1-7H3/t22?,24-,30?/m0/s1. The third-order valence-corrected chi connectivity index (χ3v) is 10.8. The van der Waals surface area contributed by atoms with E-state index in [1.807, 2.05) is 29.4 Å². The van der Waals surface area contributed by atoms with Crippen molar-refractivity contribution in [1.29, 1.82) is 0 Å². The Morgan fingerprint density at radius 1 is 1.02 bits per heavy atom. The average molecular weight is 659 g/mol. The lowest BCUT2D eigenvalue weighted by molar-refractivity contribution is -0.157. The number of aromatic nitrogens is 4. The lowest BCUT2D eigenvalue weighted by Crippen LogP contribution is -2.54. The fourth-order valence-electron chi connectivity index (χ4n) is 7.69. The van der Waals surface area contributed by atoms with E-state index in [1.54, 1.807) is 6.33 Å². The molecule has 3 atom stereocenters. The smallest absolute Gasteiger partial charge is 0.226 e. The van der Waals surface area contributed by atoms with Crippen LogP contribution in [-0.2, 0) is 20.7 Å². The predicted octanol–water partition coefficient (Wildman–Crippen LogP) is 6.59. The van der Waals surface area contributed by atoms with Crippen molar-refractivity contribution in [3.63, 3.8) is 0 Å². The zero-order valence-corrected chi connectivity index (χ0v) is 28.3. The van der Waals surface area contributed by atoms with E-state index in [4.69, 9.17) is 21.3 Å². The lowest BCUT2D eigenvalue weighted by Gasteiger charge is -2.47. The van der Waals surface area contributed by atoms with Crippen LogP contribution in [0.3, 0.4) is 0 Å². The molecule has 3 aliphatic heterocycles. The third-order valence-electron chi connectivity index (χ3n) is 10.4. The molecule has 1 spiro atoms. The van der Waals surface area contributed by atoms with Gasteiger partial charge in [-0.25, -0.2) is 13.2 Å². The number of nitrogens with zero attached hydrogens (tertiary/aromatic N) is 6. The Hall–Kier alpha value is -3.02. The van der Waals surface area contributed by atoms with Crippen LogP contribution in [0.15, 0.2) is 24.5 Å². The number of piperidine rings is 2. The molecular formula is C34H42ClF3N6O2. The van der Waals surface area contributed by atoms with Crippen LogP contribution < -0.4 is 0 Å². The highest BCUT2D eigenvalue weighted by Gasteiger charge is 2.54. The number of rotatable bonds is 4. The van der Waals surface area contributed by atoms with Gasteiger partial charge in [-0.05, 0) is 92.0 Å². The molecule has 3 aromatic rings. The van der Waals surface area contributed by atoms with Crippen LogP contribution in [0.4, 0.5) is 13.2 Å². The topological polar surface area (TPSA) is 76.4 Å². The van der Waals surface area contributed by atoms with Crippen LogP contribution in [0.2, 0.25) is 5.02 Å². The zero-order valence-electron chi connectivity index (χ0n) is 27.5. The third kappa shape index (κ3) is 5.42. The van der Waals surface area contributed by atoms with E-state index in [9.17, 15) is 13.6 Å². The molecule has 0 bridgehead atoms. The largest absolute Gasteiger partial charge is 0.358 e. The Labute approximate surface area is 273 Å². The van der Waals surface area contributed by atoms with Crippen molar-refractivity contribution in [2.75, 3.05) is 26.2 Å². The number of halogens is 4. The zero-order chi connectivity index (χ0) is 33.3. The summed E-state index contributed by atoms with van der Waals surface area (Å²) < 4.78 is 52.5. The van der Waals surface area contributed by atoms with Gasteiger partial charge in [-0.1, -0.05) is 17.7 Å². The van der Waals surface area contributed by atoms with Gasteiger partial charge >= 0.3 is 0 Å². The molecule has 3 aliphatic rings. The number of ether oxygens (including phenoxy) is 1. The quantitative estimate of drug-likeness (QED) is 0.295. The molecule has 2 unspecified atom stereocenters. The highest BCUT2D eigenvalue weighted by atomic mass is 35.5. The van der Waals surface area contributed by atoms with Crippen LogP contribution in [0.5, 0.6) is 0 Å². The van der Waals surface area contributed by atoms with E-state index < -0.39 is 46.5 Å². The summed E-state index contributed by atoms with van der Waals surface area (Å²) in [5, 5.41) is 8.84. The highest BCUT2D eigenvalue weighted by molar-refractivity contribution is 6.31. The van der Waals surface area contributed by atoms with E-state index in [0.717, 1.165) is 23.1 Å². The first kappa shape index (κ1) is 32.9. The molecule has 2 aromatic heterocycles. The van der Waals surface area contributed by atoms with Gasteiger partial charge in [-0.15, -0.1) is 10.2 Å². The van der Waals surface area contributed by atoms with Gasteiger partial charge < -0.3 is 14.2 Å². The van der Waals surface area contributed by atoms with Crippen LogP contribution in [0.25, 0.3) is 0 Å². The summed E-state index contributed by atoms with van der Waals surface area (Å²) in [5.74, 6) is -4.51. The van der Waals surface area contributed by atoms with E-state index in [1.165, 1.54) is 6.07 Å². The molecule has 6 rings (SSSR count). The number of amides is 1. The summed E-state index contributed by atoms with van der Waals surface area (Å²) in [4.78, 5) is 23.2. The maximum atomic E-state index is 15.2. The van der Waals surface area contributed by atoms with E-state index >= 15 is 4.39 Å². The number of carbonyl (C=O) groups excluding carboxylic acids is 1. The second kappa shape index (κ2) is 11.6. The van der Waals surface area contributed by atoms with Crippen LogP contribution in [-0.4, -0.2) is 67.2 Å². The van der Waals surface area contributed by atoms with Gasteiger partial charge in [0.15, 0.2) is 17.5 Å². The minimum Gasteiger partial charge on any atom is -0.358 e. The van der Waals surface area contributed by atoms with Gasteiger partial charge in [0.05, 0.1) is 21.9 Å². The van der Waals surface area contributed by atoms with Gasteiger partial charge in [-0.3, -0.25) is 14.7 Å². The first-order valence-electron chi connectivity index (χ1n) is 15.9. The predicted molar refractivity (Wildman–Crippen MR) is 168 cm³/mol. The van der Waals surface area contributed by atoms with Gasteiger partial charge in [0.25, 0.3) is 0 Å². The number of likely N-dealkylation sites (tertiary alicyclic amines) is 2. The van der Waals surface area contributed by atoms with Crippen LogP contribution in [0, 0.1) is 37.2 Å². The Bertz CT molecular complexity index is 1660. The molecule has 2 saturated heterocycles. The minimum absolute atomic E-state index is 0.0404.